The van der Waals surface area contributed by atoms with Gasteiger partial charge in [-0.3, -0.25) is 0 Å². The van der Waals surface area contributed by atoms with Crippen LogP contribution in [0.2, 0.25) is 0 Å². The number of rotatable bonds is 2. The van der Waals surface area contributed by atoms with E-state index in [-0.39, 0.29) is 11.5 Å². The maximum atomic E-state index is 14.2. The van der Waals surface area contributed by atoms with Gasteiger partial charge in [0.05, 0.1) is 5.56 Å². The van der Waals surface area contributed by atoms with Crippen molar-refractivity contribution >= 4 is 0 Å². The molecule has 1 nitrogen and oxygen atoms in total. The highest BCUT2D eigenvalue weighted by molar-refractivity contribution is 5.29. The summed E-state index contributed by atoms with van der Waals surface area (Å²) in [4.78, 5) is 0. The molecule has 1 saturated heterocycles. The Morgan fingerprint density at radius 3 is 2.58 bits per heavy atom. The summed E-state index contributed by atoms with van der Waals surface area (Å²) in [5, 5.41) is 3.01. The van der Waals surface area contributed by atoms with E-state index >= 15 is 0 Å². The summed E-state index contributed by atoms with van der Waals surface area (Å²) in [5.41, 5.74) is -1.51. The first-order valence-corrected chi connectivity index (χ1v) is 6.11. The lowest BCUT2D eigenvalue weighted by Crippen LogP contribution is -2.32. The van der Waals surface area contributed by atoms with E-state index in [1.807, 2.05) is 0 Å². The van der Waals surface area contributed by atoms with Crippen molar-refractivity contribution in [1.82, 2.24) is 5.32 Å². The Morgan fingerprint density at radius 1 is 1.26 bits per heavy atom. The maximum absolute atomic E-state index is 14.2. The van der Waals surface area contributed by atoms with Crippen LogP contribution in [-0.4, -0.2) is 13.1 Å². The summed E-state index contributed by atoms with van der Waals surface area (Å²) in [7, 11) is 0. The molecule has 1 aromatic rings. The van der Waals surface area contributed by atoms with E-state index in [9.17, 15) is 22.0 Å². The Labute approximate surface area is 107 Å². The van der Waals surface area contributed by atoms with Crippen molar-refractivity contribution < 1.29 is 22.0 Å². The Kier molecular flexibility index (Phi) is 4.08. The van der Waals surface area contributed by atoms with Crippen molar-refractivity contribution in [1.29, 1.82) is 0 Å². The minimum absolute atomic E-state index is 0.109. The molecule has 19 heavy (non-hydrogen) atoms. The molecule has 6 heteroatoms. The Hall–Kier alpha value is -1.17. The first kappa shape index (κ1) is 14.2. The van der Waals surface area contributed by atoms with Crippen LogP contribution in [0, 0.1) is 11.7 Å². The van der Waals surface area contributed by atoms with Gasteiger partial charge in [-0.05, 0) is 37.1 Å². The first-order chi connectivity index (χ1) is 8.89. The van der Waals surface area contributed by atoms with Gasteiger partial charge in [-0.25, -0.2) is 8.78 Å². The highest BCUT2D eigenvalue weighted by atomic mass is 19.4. The fraction of sp³-hybridized carbons (Fsp3) is 0.538. The predicted octanol–water partition coefficient (Wildman–Crippen LogP) is 3.85. The maximum Gasteiger partial charge on any atom is 0.419 e. The lowest BCUT2D eigenvalue weighted by Gasteiger charge is -2.26. The van der Waals surface area contributed by atoms with Gasteiger partial charge >= 0.3 is 6.18 Å². The average molecular weight is 279 g/mol. The minimum atomic E-state index is -4.80. The van der Waals surface area contributed by atoms with Crippen LogP contribution in [0.3, 0.4) is 0 Å². The minimum Gasteiger partial charge on any atom is -0.316 e. The molecule has 2 unspecified atom stereocenters. The van der Waals surface area contributed by atoms with Crippen LogP contribution >= 0.6 is 0 Å². The third-order valence-electron chi connectivity index (χ3n) is 3.36. The van der Waals surface area contributed by atoms with Crippen molar-refractivity contribution in [3.05, 3.63) is 35.1 Å². The molecule has 0 bridgehead atoms. The van der Waals surface area contributed by atoms with E-state index in [4.69, 9.17) is 0 Å². The zero-order valence-electron chi connectivity index (χ0n) is 10.1. The molecular formula is C13H14F5N. The summed E-state index contributed by atoms with van der Waals surface area (Å²) in [6.45, 7) is 1.22. The highest BCUT2D eigenvalue weighted by Gasteiger charge is 2.35. The van der Waals surface area contributed by atoms with E-state index in [0.717, 1.165) is 19.0 Å². The molecule has 1 aliphatic rings. The van der Waals surface area contributed by atoms with Gasteiger partial charge in [0.25, 0.3) is 0 Å². The molecule has 1 heterocycles. The zero-order valence-corrected chi connectivity index (χ0v) is 10.1. The van der Waals surface area contributed by atoms with Crippen LogP contribution in [0.25, 0.3) is 0 Å². The standard InChI is InChI=1S/C13H14F5N/c14-11-4-3-8(6-10(11)13(16,17)18)12(15)9-2-1-5-19-7-9/h3-4,6,9,12,19H,1-2,5,7H2. The van der Waals surface area contributed by atoms with Gasteiger partial charge in [-0.15, -0.1) is 0 Å². The van der Waals surface area contributed by atoms with E-state index in [2.05, 4.69) is 5.32 Å². The molecule has 2 atom stereocenters. The van der Waals surface area contributed by atoms with Crippen LogP contribution < -0.4 is 5.32 Å². The molecule has 0 saturated carbocycles. The molecule has 2 rings (SSSR count). The van der Waals surface area contributed by atoms with Crippen molar-refractivity contribution in [3.63, 3.8) is 0 Å². The van der Waals surface area contributed by atoms with Gasteiger partial charge in [0, 0.05) is 12.5 Å². The molecule has 0 spiro atoms. The molecular weight excluding hydrogens is 265 g/mol. The Bertz CT molecular complexity index is 437. The summed E-state index contributed by atoms with van der Waals surface area (Å²) in [6, 6.07) is 2.35. The number of halogens is 5. The van der Waals surface area contributed by atoms with Crippen LogP contribution in [0.5, 0.6) is 0 Å². The lowest BCUT2D eigenvalue weighted by atomic mass is 9.90. The third-order valence-corrected chi connectivity index (χ3v) is 3.36. The van der Waals surface area contributed by atoms with Gasteiger partial charge in [-0.2, -0.15) is 13.2 Å². The molecule has 106 valence electrons. The first-order valence-electron chi connectivity index (χ1n) is 6.11. The van der Waals surface area contributed by atoms with Crippen LogP contribution in [-0.2, 0) is 6.18 Å². The monoisotopic (exact) mass is 279 g/mol. The SMILES string of the molecule is Fc1ccc(C(F)C2CCCNC2)cc1C(F)(F)F. The molecule has 0 amide bonds. The Balaban J connectivity index is 2.24. The second-order valence-corrected chi connectivity index (χ2v) is 4.75. The number of hydrogen-bond donors (Lipinski definition) is 1. The second-order valence-electron chi connectivity index (χ2n) is 4.75. The average Bonchev–Trinajstić information content (AvgIpc) is 2.38. The number of nitrogens with one attached hydrogen (secondary N) is 1. The number of hydrogen-bond acceptors (Lipinski definition) is 1. The summed E-state index contributed by atoms with van der Waals surface area (Å²) < 4.78 is 65.0. The summed E-state index contributed by atoms with van der Waals surface area (Å²) >= 11 is 0. The smallest absolute Gasteiger partial charge is 0.316 e. The highest BCUT2D eigenvalue weighted by Crippen LogP contribution is 2.36. The predicted molar refractivity (Wildman–Crippen MR) is 60.8 cm³/mol. The molecule has 0 aromatic heterocycles. The summed E-state index contributed by atoms with van der Waals surface area (Å²) in [5.74, 6) is -1.73. The Morgan fingerprint density at radius 2 is 2.00 bits per heavy atom. The topological polar surface area (TPSA) is 12.0 Å². The molecule has 0 radical (unpaired) electrons. The van der Waals surface area contributed by atoms with Crippen LogP contribution in [0.15, 0.2) is 18.2 Å². The van der Waals surface area contributed by atoms with Gasteiger partial charge in [0.2, 0.25) is 0 Å². The van der Waals surface area contributed by atoms with E-state index in [0.29, 0.717) is 25.1 Å². The molecule has 1 aliphatic heterocycles. The van der Waals surface area contributed by atoms with Gasteiger partial charge in [0.1, 0.15) is 12.0 Å². The van der Waals surface area contributed by atoms with E-state index < -0.39 is 23.7 Å². The quantitative estimate of drug-likeness (QED) is 0.811. The van der Waals surface area contributed by atoms with Crippen molar-refractivity contribution in [2.45, 2.75) is 25.2 Å². The molecule has 1 aromatic carbocycles. The van der Waals surface area contributed by atoms with Gasteiger partial charge in [-0.1, -0.05) is 6.07 Å². The zero-order chi connectivity index (χ0) is 14.0. The third kappa shape index (κ3) is 3.23. The second kappa shape index (κ2) is 5.45. The molecule has 1 fully saturated rings. The van der Waals surface area contributed by atoms with E-state index in [1.165, 1.54) is 0 Å². The molecule has 1 N–H and O–H groups in total. The van der Waals surface area contributed by atoms with E-state index in [1.54, 1.807) is 0 Å². The van der Waals surface area contributed by atoms with Crippen LogP contribution in [0.4, 0.5) is 22.0 Å². The fourth-order valence-corrected chi connectivity index (χ4v) is 2.33. The normalized spacial score (nSPS) is 22.3. The van der Waals surface area contributed by atoms with Crippen molar-refractivity contribution in [2.75, 3.05) is 13.1 Å². The number of benzene rings is 1. The number of alkyl halides is 4. The largest absolute Gasteiger partial charge is 0.419 e. The van der Waals surface area contributed by atoms with Gasteiger partial charge < -0.3 is 5.32 Å². The van der Waals surface area contributed by atoms with Crippen LogP contribution in [0.1, 0.15) is 30.1 Å². The van der Waals surface area contributed by atoms with Crippen molar-refractivity contribution in [2.24, 2.45) is 5.92 Å². The summed E-state index contributed by atoms with van der Waals surface area (Å²) in [6.07, 6.45) is -4.90. The number of piperidine rings is 1. The lowest BCUT2D eigenvalue weighted by molar-refractivity contribution is -0.140. The fourth-order valence-electron chi connectivity index (χ4n) is 2.33. The van der Waals surface area contributed by atoms with Gasteiger partial charge in [0.15, 0.2) is 0 Å². The molecule has 0 aliphatic carbocycles. The van der Waals surface area contributed by atoms with Crippen molar-refractivity contribution in [3.8, 4) is 0 Å².